The zero-order chi connectivity index (χ0) is 39.7. The number of hydrogen-bond donors (Lipinski definition) is 0. The number of hydrogen-bond acceptors (Lipinski definition) is 1. The number of benzene rings is 11. The number of furan rings is 1. The summed E-state index contributed by atoms with van der Waals surface area (Å²) in [7, 11) is 0. The Balaban J connectivity index is 0.970. The van der Waals surface area contributed by atoms with Gasteiger partial charge in [0.2, 0.25) is 0 Å². The molecule has 0 spiro atoms. The number of para-hydroxylation sites is 1. The first kappa shape index (κ1) is 33.5. The fourth-order valence-electron chi connectivity index (χ4n) is 11.1. The third-order valence-electron chi connectivity index (χ3n) is 13.6. The first-order chi connectivity index (χ1) is 29.5. The van der Waals surface area contributed by atoms with Crippen LogP contribution in [-0.2, 0) is 5.41 Å². The van der Waals surface area contributed by atoms with Crippen LogP contribution in [-0.4, -0.2) is 0 Å². The molecule has 0 unspecified atom stereocenters. The van der Waals surface area contributed by atoms with E-state index in [1.165, 1.54) is 109 Å². The van der Waals surface area contributed by atoms with Crippen molar-refractivity contribution in [1.29, 1.82) is 0 Å². The maximum atomic E-state index is 6.24. The van der Waals surface area contributed by atoms with Gasteiger partial charge in [-0.15, -0.1) is 0 Å². The molecule has 1 heterocycles. The minimum atomic E-state index is -0.165. The predicted octanol–water partition coefficient (Wildman–Crippen LogP) is 16.7. The fraction of sp³-hybridized carbons (Fsp3) is 0.0508. The van der Waals surface area contributed by atoms with Crippen LogP contribution in [0, 0.1) is 0 Å². The van der Waals surface area contributed by atoms with E-state index in [2.05, 4.69) is 202 Å². The normalized spacial score (nSPS) is 13.3. The number of rotatable bonds is 3. The zero-order valence-electron chi connectivity index (χ0n) is 33.4. The van der Waals surface area contributed by atoms with Gasteiger partial charge in [-0.3, -0.25) is 0 Å². The van der Waals surface area contributed by atoms with Crippen LogP contribution < -0.4 is 0 Å². The monoisotopic (exact) mass is 762 g/mol. The van der Waals surface area contributed by atoms with Crippen molar-refractivity contribution in [1.82, 2.24) is 0 Å². The summed E-state index contributed by atoms with van der Waals surface area (Å²) in [6.07, 6.45) is 0. The molecule has 280 valence electrons. The maximum absolute atomic E-state index is 6.24. The second-order valence-corrected chi connectivity index (χ2v) is 17.1. The van der Waals surface area contributed by atoms with Gasteiger partial charge in [-0.05, 0) is 140 Å². The Kier molecular flexibility index (Phi) is 6.85. The summed E-state index contributed by atoms with van der Waals surface area (Å²) in [5.74, 6) is 0. The maximum Gasteiger partial charge on any atom is 0.135 e. The molecule has 0 aliphatic heterocycles. The quantitative estimate of drug-likeness (QED) is 0.129. The van der Waals surface area contributed by atoms with Gasteiger partial charge in [0.05, 0.1) is 0 Å². The zero-order valence-corrected chi connectivity index (χ0v) is 33.4. The van der Waals surface area contributed by atoms with Gasteiger partial charge in [-0.1, -0.05) is 178 Å². The average molecular weight is 763 g/mol. The Morgan fingerprint density at radius 3 is 1.48 bits per heavy atom. The lowest BCUT2D eigenvalue weighted by Crippen LogP contribution is -2.16. The summed E-state index contributed by atoms with van der Waals surface area (Å²) in [5.41, 5.74) is 14.6. The van der Waals surface area contributed by atoms with Crippen molar-refractivity contribution in [2.24, 2.45) is 0 Å². The van der Waals surface area contributed by atoms with Gasteiger partial charge in [0.1, 0.15) is 11.2 Å². The average Bonchev–Trinajstić information content (AvgIpc) is 3.79. The summed E-state index contributed by atoms with van der Waals surface area (Å²) < 4.78 is 6.24. The molecule has 1 aliphatic rings. The van der Waals surface area contributed by atoms with E-state index in [4.69, 9.17) is 4.42 Å². The Hall–Kier alpha value is -7.48. The molecule has 60 heavy (non-hydrogen) atoms. The second kappa shape index (κ2) is 12.3. The summed E-state index contributed by atoms with van der Waals surface area (Å²) >= 11 is 0. The largest absolute Gasteiger partial charge is 0.456 e. The topological polar surface area (TPSA) is 13.1 Å². The van der Waals surface area contributed by atoms with Crippen molar-refractivity contribution in [3.05, 3.63) is 205 Å². The van der Waals surface area contributed by atoms with E-state index < -0.39 is 0 Å². The van der Waals surface area contributed by atoms with E-state index in [0.29, 0.717) is 0 Å². The van der Waals surface area contributed by atoms with Crippen molar-refractivity contribution in [3.8, 4) is 44.5 Å². The third kappa shape index (κ3) is 4.58. The fourth-order valence-corrected chi connectivity index (χ4v) is 11.1. The molecule has 0 atom stereocenters. The van der Waals surface area contributed by atoms with Crippen LogP contribution in [0.3, 0.4) is 0 Å². The molecule has 0 amide bonds. The highest BCUT2D eigenvalue weighted by atomic mass is 16.3. The van der Waals surface area contributed by atoms with Gasteiger partial charge in [-0.2, -0.15) is 0 Å². The van der Waals surface area contributed by atoms with E-state index >= 15 is 0 Å². The van der Waals surface area contributed by atoms with E-state index in [1.54, 1.807) is 0 Å². The van der Waals surface area contributed by atoms with Crippen LogP contribution >= 0.6 is 0 Å². The SMILES string of the molecule is CC1(C)c2c(ccc3cc(-c4cccc(-c5c6ccccc6c(-c6ccc7oc8ccccc8c7c6)c6ccccc56)c4)ccc23)-c2c1c1ccccc1c1ccccc21. The van der Waals surface area contributed by atoms with Gasteiger partial charge < -0.3 is 4.42 Å². The van der Waals surface area contributed by atoms with Gasteiger partial charge in [0.25, 0.3) is 0 Å². The van der Waals surface area contributed by atoms with E-state index in [9.17, 15) is 0 Å². The Bertz CT molecular complexity index is 3750. The molecule has 1 heteroatoms. The van der Waals surface area contributed by atoms with Crippen LogP contribution in [0.5, 0.6) is 0 Å². The summed E-state index contributed by atoms with van der Waals surface area (Å²) in [6, 6.07) is 71.8. The Morgan fingerprint density at radius 2 is 0.800 bits per heavy atom. The Labute approximate surface area is 347 Å². The molecule has 1 nitrogen and oxygen atoms in total. The van der Waals surface area contributed by atoms with Crippen LogP contribution in [0.25, 0.3) is 120 Å². The third-order valence-corrected chi connectivity index (χ3v) is 13.6. The van der Waals surface area contributed by atoms with Crippen LogP contribution in [0.15, 0.2) is 199 Å². The highest BCUT2D eigenvalue weighted by Gasteiger charge is 2.39. The molecule has 0 N–H and O–H groups in total. The molecule has 0 bridgehead atoms. The summed E-state index contributed by atoms with van der Waals surface area (Å²) in [6.45, 7) is 4.85. The van der Waals surface area contributed by atoms with E-state index in [-0.39, 0.29) is 5.41 Å². The molecule has 1 aliphatic carbocycles. The molecule has 13 rings (SSSR count). The second-order valence-electron chi connectivity index (χ2n) is 17.1. The highest BCUT2D eigenvalue weighted by Crippen LogP contribution is 2.56. The van der Waals surface area contributed by atoms with Crippen LogP contribution in [0.2, 0.25) is 0 Å². The predicted molar refractivity (Wildman–Crippen MR) is 255 cm³/mol. The number of fused-ring (bicyclic) bond motifs is 15. The van der Waals surface area contributed by atoms with Crippen molar-refractivity contribution < 1.29 is 4.42 Å². The molecule has 0 saturated carbocycles. The van der Waals surface area contributed by atoms with Crippen LogP contribution in [0.4, 0.5) is 0 Å². The molecular formula is C59H38O. The highest BCUT2D eigenvalue weighted by molar-refractivity contribution is 6.23. The molecule has 1 aromatic heterocycles. The smallest absolute Gasteiger partial charge is 0.135 e. The van der Waals surface area contributed by atoms with Gasteiger partial charge in [0.15, 0.2) is 0 Å². The first-order valence-corrected chi connectivity index (χ1v) is 21.0. The van der Waals surface area contributed by atoms with Gasteiger partial charge in [-0.25, -0.2) is 0 Å². The molecular weight excluding hydrogens is 725 g/mol. The lowest BCUT2D eigenvalue weighted by atomic mass is 9.77. The standard InChI is InChI=1S/C59H38O/c1-59(2)57-40-29-26-36(32-37(40)27-30-50(57)56-44-19-5-3-16-41(44)42-17-4-10-24-49(42)58(56)59)35-14-13-15-38(33-35)54-45-20-6-8-22-47(45)55(48-23-9-7-21-46(48)54)39-28-31-53-51(34-39)43-18-11-12-25-52(43)60-53/h3-34H,1-2H3. The van der Waals surface area contributed by atoms with Crippen molar-refractivity contribution >= 4 is 75.8 Å². The Morgan fingerprint density at radius 1 is 0.300 bits per heavy atom. The van der Waals surface area contributed by atoms with E-state index in [0.717, 1.165) is 21.9 Å². The molecule has 0 fully saturated rings. The lowest BCUT2D eigenvalue weighted by Gasteiger charge is -2.25. The minimum absolute atomic E-state index is 0.165. The minimum Gasteiger partial charge on any atom is -0.456 e. The van der Waals surface area contributed by atoms with Gasteiger partial charge in [0, 0.05) is 16.2 Å². The first-order valence-electron chi connectivity index (χ1n) is 21.0. The summed E-state index contributed by atoms with van der Waals surface area (Å²) in [4.78, 5) is 0. The molecule has 0 saturated heterocycles. The summed E-state index contributed by atoms with van der Waals surface area (Å²) in [5, 5.41) is 15.2. The molecule has 12 aromatic rings. The van der Waals surface area contributed by atoms with Gasteiger partial charge >= 0.3 is 0 Å². The molecule has 11 aromatic carbocycles. The molecule has 0 radical (unpaired) electrons. The van der Waals surface area contributed by atoms with Crippen molar-refractivity contribution in [3.63, 3.8) is 0 Å². The lowest BCUT2D eigenvalue weighted by molar-refractivity contribution is 0.669. The van der Waals surface area contributed by atoms with Crippen molar-refractivity contribution in [2.75, 3.05) is 0 Å². The van der Waals surface area contributed by atoms with E-state index in [1.807, 2.05) is 6.07 Å². The van der Waals surface area contributed by atoms with Crippen molar-refractivity contribution in [2.45, 2.75) is 19.3 Å². The van der Waals surface area contributed by atoms with Crippen LogP contribution in [0.1, 0.15) is 25.0 Å².